The minimum absolute atomic E-state index is 0.984. The Labute approximate surface area is 82.7 Å². The largest absolute Gasteiger partial charge is 0.280 e. The average Bonchev–Trinajstić information content (AvgIpc) is 2.11. The summed E-state index contributed by atoms with van der Waals surface area (Å²) in [4.78, 5) is 5.26. The van der Waals surface area contributed by atoms with E-state index in [-0.39, 0.29) is 0 Å². The SMILES string of the molecule is C=C/C=C(\SC)C(=NC)SC=C. The standard InChI is InChI=1S/C9H13NS2/c1-5-7-8(11-4)9(10-3)12-6-2/h5-7H,1-2H2,3-4H3/b8-7-,10-9?. The van der Waals surface area contributed by atoms with Gasteiger partial charge >= 0.3 is 0 Å². The molecule has 0 saturated carbocycles. The van der Waals surface area contributed by atoms with Gasteiger partial charge in [0, 0.05) is 12.0 Å². The summed E-state index contributed by atoms with van der Waals surface area (Å²) in [6, 6.07) is 0. The number of aliphatic imine (C=N–C) groups is 1. The van der Waals surface area contributed by atoms with Crippen LogP contribution in [0.15, 0.2) is 40.6 Å². The van der Waals surface area contributed by atoms with Gasteiger partial charge in [-0.15, -0.1) is 11.8 Å². The number of rotatable bonds is 4. The number of hydrogen-bond acceptors (Lipinski definition) is 3. The van der Waals surface area contributed by atoms with Crippen LogP contribution in [0.5, 0.6) is 0 Å². The first-order chi connectivity index (χ1) is 5.79. The number of thioether (sulfide) groups is 2. The van der Waals surface area contributed by atoms with Gasteiger partial charge in [-0.1, -0.05) is 31.0 Å². The maximum Gasteiger partial charge on any atom is 0.108 e. The highest BCUT2D eigenvalue weighted by Crippen LogP contribution is 2.21. The third-order valence-electron chi connectivity index (χ3n) is 1.10. The molecule has 0 aliphatic rings. The van der Waals surface area contributed by atoms with Crippen LogP contribution in [0.1, 0.15) is 0 Å². The van der Waals surface area contributed by atoms with Gasteiger partial charge in [-0.25, -0.2) is 0 Å². The fourth-order valence-electron chi connectivity index (χ4n) is 0.634. The Bertz CT molecular complexity index is 217. The second-order valence-corrected chi connectivity index (χ2v) is 3.59. The lowest BCUT2D eigenvalue weighted by Crippen LogP contribution is -1.91. The highest BCUT2D eigenvalue weighted by molar-refractivity contribution is 8.19. The molecular weight excluding hydrogens is 186 g/mol. The van der Waals surface area contributed by atoms with Gasteiger partial charge in [-0.2, -0.15) is 0 Å². The zero-order valence-corrected chi connectivity index (χ0v) is 9.04. The average molecular weight is 199 g/mol. The molecule has 0 heterocycles. The maximum absolute atomic E-state index is 4.14. The molecule has 0 fully saturated rings. The molecule has 0 rings (SSSR count). The predicted molar refractivity (Wildman–Crippen MR) is 62.9 cm³/mol. The van der Waals surface area contributed by atoms with Gasteiger partial charge in [0.2, 0.25) is 0 Å². The molecule has 3 heteroatoms. The van der Waals surface area contributed by atoms with Gasteiger partial charge in [0.25, 0.3) is 0 Å². The van der Waals surface area contributed by atoms with Crippen molar-refractivity contribution in [3.8, 4) is 0 Å². The lowest BCUT2D eigenvalue weighted by Gasteiger charge is -2.02. The van der Waals surface area contributed by atoms with Crippen molar-refractivity contribution >= 4 is 28.6 Å². The quantitative estimate of drug-likeness (QED) is 0.391. The van der Waals surface area contributed by atoms with Crippen LogP contribution >= 0.6 is 23.5 Å². The van der Waals surface area contributed by atoms with Crippen LogP contribution in [0.3, 0.4) is 0 Å². The van der Waals surface area contributed by atoms with E-state index in [2.05, 4.69) is 18.2 Å². The van der Waals surface area contributed by atoms with E-state index in [9.17, 15) is 0 Å². The molecule has 0 radical (unpaired) electrons. The van der Waals surface area contributed by atoms with Crippen LogP contribution in [0.4, 0.5) is 0 Å². The number of nitrogens with zero attached hydrogens (tertiary/aromatic N) is 1. The molecule has 0 bridgehead atoms. The summed E-state index contributed by atoms with van der Waals surface area (Å²) in [5, 5.41) is 2.76. The van der Waals surface area contributed by atoms with Crippen LogP contribution in [-0.4, -0.2) is 18.3 Å². The summed E-state index contributed by atoms with van der Waals surface area (Å²) in [7, 11) is 1.78. The molecule has 0 aliphatic carbocycles. The molecule has 0 atom stereocenters. The Kier molecular flexibility index (Phi) is 7.00. The third kappa shape index (κ3) is 3.83. The van der Waals surface area contributed by atoms with Crippen LogP contribution in [0.25, 0.3) is 0 Å². The zero-order valence-electron chi connectivity index (χ0n) is 7.41. The molecule has 0 unspecified atom stereocenters. The topological polar surface area (TPSA) is 12.4 Å². The Morgan fingerprint density at radius 2 is 2.08 bits per heavy atom. The summed E-state index contributed by atoms with van der Waals surface area (Å²) in [5.74, 6) is 0. The van der Waals surface area contributed by atoms with Crippen molar-refractivity contribution < 1.29 is 0 Å². The normalized spacial score (nSPS) is 12.8. The summed E-state index contributed by atoms with van der Waals surface area (Å²) in [6.45, 7) is 7.29. The van der Waals surface area contributed by atoms with E-state index >= 15 is 0 Å². The first kappa shape index (κ1) is 11.6. The van der Waals surface area contributed by atoms with Gasteiger partial charge in [0.15, 0.2) is 0 Å². The first-order valence-corrected chi connectivity index (χ1v) is 5.52. The van der Waals surface area contributed by atoms with E-state index in [0.717, 1.165) is 9.95 Å². The highest BCUT2D eigenvalue weighted by atomic mass is 32.2. The Morgan fingerprint density at radius 1 is 1.42 bits per heavy atom. The molecule has 0 spiro atoms. The van der Waals surface area contributed by atoms with E-state index in [1.807, 2.05) is 12.3 Å². The molecule has 0 saturated heterocycles. The molecule has 0 amide bonds. The lowest BCUT2D eigenvalue weighted by atomic mass is 10.5. The van der Waals surface area contributed by atoms with Gasteiger partial charge in [-0.3, -0.25) is 4.99 Å². The Morgan fingerprint density at radius 3 is 2.42 bits per heavy atom. The van der Waals surface area contributed by atoms with Crippen LogP contribution < -0.4 is 0 Å². The van der Waals surface area contributed by atoms with Gasteiger partial charge < -0.3 is 0 Å². The molecule has 1 nitrogen and oxygen atoms in total. The van der Waals surface area contributed by atoms with E-state index in [0.29, 0.717) is 0 Å². The van der Waals surface area contributed by atoms with E-state index < -0.39 is 0 Å². The molecule has 0 aliphatic heterocycles. The summed E-state index contributed by atoms with van der Waals surface area (Å²) in [6.07, 6.45) is 5.73. The summed E-state index contributed by atoms with van der Waals surface area (Å²) in [5.41, 5.74) is 0. The smallest absolute Gasteiger partial charge is 0.108 e. The molecule has 12 heavy (non-hydrogen) atoms. The Hall–Kier alpha value is -0.410. The second kappa shape index (κ2) is 7.25. The number of hydrogen-bond donors (Lipinski definition) is 0. The monoisotopic (exact) mass is 199 g/mol. The molecule has 0 aromatic carbocycles. The van der Waals surface area contributed by atoms with Crippen LogP contribution in [0.2, 0.25) is 0 Å². The van der Waals surface area contributed by atoms with Gasteiger partial charge in [0.05, 0.1) is 0 Å². The minimum Gasteiger partial charge on any atom is -0.280 e. The first-order valence-electron chi connectivity index (χ1n) is 3.41. The van der Waals surface area contributed by atoms with Crippen molar-refractivity contribution in [1.29, 1.82) is 0 Å². The Balaban J connectivity index is 4.56. The molecule has 66 valence electrons. The van der Waals surface area contributed by atoms with Gasteiger partial charge in [0.1, 0.15) is 5.04 Å². The van der Waals surface area contributed by atoms with Crippen molar-refractivity contribution in [2.75, 3.05) is 13.3 Å². The predicted octanol–water partition coefficient (Wildman–Crippen LogP) is 3.32. The van der Waals surface area contributed by atoms with Crippen molar-refractivity contribution in [2.24, 2.45) is 4.99 Å². The second-order valence-electron chi connectivity index (χ2n) is 1.78. The fourth-order valence-corrected chi connectivity index (χ4v) is 1.97. The van der Waals surface area contributed by atoms with E-state index in [1.54, 1.807) is 30.3 Å². The number of allylic oxidation sites excluding steroid dienone is 2. The van der Waals surface area contributed by atoms with Crippen molar-refractivity contribution in [2.45, 2.75) is 0 Å². The van der Waals surface area contributed by atoms with Crippen LogP contribution in [0, 0.1) is 0 Å². The molecular formula is C9H13NS2. The molecule has 0 aromatic heterocycles. The maximum atomic E-state index is 4.14. The van der Waals surface area contributed by atoms with Crippen molar-refractivity contribution in [3.63, 3.8) is 0 Å². The highest BCUT2D eigenvalue weighted by Gasteiger charge is 2.02. The van der Waals surface area contributed by atoms with Crippen molar-refractivity contribution in [3.05, 3.63) is 35.6 Å². The van der Waals surface area contributed by atoms with Crippen molar-refractivity contribution in [1.82, 2.24) is 0 Å². The van der Waals surface area contributed by atoms with E-state index in [1.165, 1.54) is 11.8 Å². The minimum atomic E-state index is 0.984. The summed E-state index contributed by atoms with van der Waals surface area (Å²) >= 11 is 3.18. The molecule has 0 N–H and O–H groups in total. The zero-order chi connectivity index (χ0) is 9.40. The third-order valence-corrected chi connectivity index (χ3v) is 2.79. The fraction of sp³-hybridized carbons (Fsp3) is 0.222. The van der Waals surface area contributed by atoms with Crippen LogP contribution in [-0.2, 0) is 0 Å². The van der Waals surface area contributed by atoms with Gasteiger partial charge in [-0.05, 0) is 17.7 Å². The molecule has 0 aromatic rings. The van der Waals surface area contributed by atoms with E-state index in [4.69, 9.17) is 0 Å². The lowest BCUT2D eigenvalue weighted by molar-refractivity contribution is 1.47. The summed E-state index contributed by atoms with van der Waals surface area (Å²) < 4.78 is 0.